The van der Waals surface area contributed by atoms with E-state index in [0.29, 0.717) is 30.2 Å². The number of amides is 2. The molecule has 1 aromatic carbocycles. The predicted molar refractivity (Wildman–Crippen MR) is 96.2 cm³/mol. The molecule has 0 fully saturated rings. The molecule has 1 aromatic heterocycles. The van der Waals surface area contributed by atoms with Crippen LogP contribution in [-0.2, 0) is 16.0 Å². The molecular weight excluding hydrogens is 336 g/mol. The molecule has 0 saturated carbocycles. The number of hydrogen-bond donors (Lipinski definition) is 2. The second kappa shape index (κ2) is 9.77. The first-order valence-electron chi connectivity index (χ1n) is 7.87. The van der Waals surface area contributed by atoms with Gasteiger partial charge in [0.25, 0.3) is 0 Å². The van der Waals surface area contributed by atoms with E-state index >= 15 is 0 Å². The number of nitrogens with one attached hydrogen (secondary N) is 2. The Morgan fingerprint density at radius 1 is 1.12 bits per heavy atom. The molecule has 0 saturated heterocycles. The number of pyridine rings is 1. The van der Waals surface area contributed by atoms with Crippen molar-refractivity contribution in [1.29, 1.82) is 0 Å². The Morgan fingerprint density at radius 3 is 2.62 bits per heavy atom. The highest BCUT2D eigenvalue weighted by Gasteiger charge is 2.12. The average molecular weight is 356 g/mol. The van der Waals surface area contributed by atoms with E-state index in [1.165, 1.54) is 6.21 Å². The molecule has 0 aliphatic rings. The normalized spacial score (nSPS) is 10.4. The van der Waals surface area contributed by atoms with Gasteiger partial charge in [-0.15, -0.1) is 0 Å². The fourth-order valence-electron chi connectivity index (χ4n) is 2.10. The number of methoxy groups -OCH3 is 2. The van der Waals surface area contributed by atoms with Gasteiger partial charge < -0.3 is 14.8 Å². The summed E-state index contributed by atoms with van der Waals surface area (Å²) in [5, 5.41) is 6.23. The van der Waals surface area contributed by atoms with E-state index in [0.717, 1.165) is 5.56 Å². The van der Waals surface area contributed by atoms with Gasteiger partial charge in [0.1, 0.15) is 0 Å². The molecule has 0 atom stereocenters. The molecule has 2 aromatic rings. The number of hydrazone groups is 1. The lowest BCUT2D eigenvalue weighted by atomic mass is 10.1. The highest BCUT2D eigenvalue weighted by Crippen LogP contribution is 2.27. The van der Waals surface area contributed by atoms with Crippen LogP contribution in [0.5, 0.6) is 11.5 Å². The van der Waals surface area contributed by atoms with Crippen molar-refractivity contribution in [3.8, 4) is 11.5 Å². The van der Waals surface area contributed by atoms with Gasteiger partial charge in [-0.05, 0) is 36.2 Å². The molecule has 136 valence electrons. The maximum absolute atomic E-state index is 11.7. The molecule has 0 aliphatic heterocycles. The van der Waals surface area contributed by atoms with E-state index in [1.807, 2.05) is 12.1 Å². The van der Waals surface area contributed by atoms with Crippen LogP contribution in [0.1, 0.15) is 11.3 Å². The summed E-state index contributed by atoms with van der Waals surface area (Å²) in [4.78, 5) is 27.4. The number of ether oxygens (including phenoxy) is 2. The van der Waals surface area contributed by atoms with Gasteiger partial charge in [0.05, 0.1) is 26.1 Å². The average Bonchev–Trinajstić information content (AvgIpc) is 2.68. The van der Waals surface area contributed by atoms with E-state index in [4.69, 9.17) is 9.47 Å². The summed E-state index contributed by atoms with van der Waals surface area (Å²) >= 11 is 0. The molecule has 0 aliphatic carbocycles. The minimum absolute atomic E-state index is 0.297. The van der Waals surface area contributed by atoms with Crippen molar-refractivity contribution >= 4 is 18.0 Å². The van der Waals surface area contributed by atoms with Crippen molar-refractivity contribution in [2.24, 2.45) is 5.10 Å². The van der Waals surface area contributed by atoms with E-state index in [-0.39, 0.29) is 0 Å². The summed E-state index contributed by atoms with van der Waals surface area (Å²) in [5.41, 5.74) is 3.67. The molecule has 2 N–H and O–H groups in total. The topological polar surface area (TPSA) is 102 Å². The molecule has 26 heavy (non-hydrogen) atoms. The zero-order valence-electron chi connectivity index (χ0n) is 14.6. The molecule has 0 bridgehead atoms. The third-order valence-electron chi connectivity index (χ3n) is 3.40. The standard InChI is InChI=1S/C18H20N4O4/c1-25-15-7-6-13(11-16(15)26-2)8-10-20-17(23)18(24)22-21-12-14-5-3-4-9-19-14/h3-7,9,11-12H,8,10H2,1-2H3,(H,20,23)(H,22,24)/b21-12+. The summed E-state index contributed by atoms with van der Waals surface area (Å²) in [6.45, 7) is 0.297. The van der Waals surface area contributed by atoms with E-state index in [1.54, 1.807) is 44.7 Å². The first kappa shape index (κ1) is 18.9. The molecule has 1 heterocycles. The van der Waals surface area contributed by atoms with Crippen molar-refractivity contribution < 1.29 is 19.1 Å². The Bertz CT molecular complexity index is 778. The van der Waals surface area contributed by atoms with Gasteiger partial charge in [-0.3, -0.25) is 14.6 Å². The summed E-state index contributed by atoms with van der Waals surface area (Å²) in [5.74, 6) is -0.364. The van der Waals surface area contributed by atoms with Gasteiger partial charge in [-0.2, -0.15) is 5.10 Å². The highest BCUT2D eigenvalue weighted by molar-refractivity contribution is 6.35. The molecule has 2 amide bonds. The Labute approximate surface area is 151 Å². The van der Waals surface area contributed by atoms with Crippen LogP contribution in [0.15, 0.2) is 47.7 Å². The number of carbonyl (C=O) groups is 2. The third kappa shape index (κ3) is 5.59. The fourth-order valence-corrected chi connectivity index (χ4v) is 2.10. The molecule has 2 rings (SSSR count). The number of rotatable bonds is 7. The second-order valence-corrected chi connectivity index (χ2v) is 5.15. The van der Waals surface area contributed by atoms with Crippen LogP contribution >= 0.6 is 0 Å². The van der Waals surface area contributed by atoms with Crippen molar-refractivity contribution in [2.45, 2.75) is 6.42 Å². The summed E-state index contributed by atoms with van der Waals surface area (Å²) in [6.07, 6.45) is 3.50. The zero-order chi connectivity index (χ0) is 18.8. The lowest BCUT2D eigenvalue weighted by molar-refractivity contribution is -0.139. The van der Waals surface area contributed by atoms with Gasteiger partial charge in [-0.1, -0.05) is 12.1 Å². The quantitative estimate of drug-likeness (QED) is 0.436. The molecule has 0 spiro atoms. The Balaban J connectivity index is 1.77. The summed E-state index contributed by atoms with van der Waals surface area (Å²) in [7, 11) is 3.12. The molecule has 8 nitrogen and oxygen atoms in total. The Kier molecular flexibility index (Phi) is 7.11. The van der Waals surface area contributed by atoms with Gasteiger partial charge in [-0.25, -0.2) is 5.43 Å². The fraction of sp³-hybridized carbons (Fsp3) is 0.222. The van der Waals surface area contributed by atoms with Crippen molar-refractivity contribution in [2.75, 3.05) is 20.8 Å². The van der Waals surface area contributed by atoms with E-state index < -0.39 is 11.8 Å². The van der Waals surface area contributed by atoms with Crippen molar-refractivity contribution in [1.82, 2.24) is 15.7 Å². The first-order chi connectivity index (χ1) is 12.6. The Morgan fingerprint density at radius 2 is 1.92 bits per heavy atom. The van der Waals surface area contributed by atoms with Crippen LogP contribution < -0.4 is 20.2 Å². The summed E-state index contributed by atoms with van der Waals surface area (Å²) < 4.78 is 10.4. The number of benzene rings is 1. The maximum Gasteiger partial charge on any atom is 0.329 e. The third-order valence-corrected chi connectivity index (χ3v) is 3.40. The number of aromatic nitrogens is 1. The lowest BCUT2D eigenvalue weighted by Gasteiger charge is -2.09. The molecule has 8 heteroatoms. The molecule has 0 unspecified atom stereocenters. The van der Waals surface area contributed by atoms with Gasteiger partial charge >= 0.3 is 11.8 Å². The second-order valence-electron chi connectivity index (χ2n) is 5.15. The number of carbonyl (C=O) groups excluding carboxylic acids is 2. The van der Waals surface area contributed by atoms with Crippen LogP contribution in [0.3, 0.4) is 0 Å². The van der Waals surface area contributed by atoms with Crippen LogP contribution in [0.4, 0.5) is 0 Å². The smallest absolute Gasteiger partial charge is 0.329 e. The van der Waals surface area contributed by atoms with E-state index in [9.17, 15) is 9.59 Å². The summed E-state index contributed by atoms with van der Waals surface area (Å²) in [6, 6.07) is 10.7. The van der Waals surface area contributed by atoms with Crippen molar-refractivity contribution in [3.05, 3.63) is 53.9 Å². The van der Waals surface area contributed by atoms with Crippen LogP contribution in [-0.4, -0.2) is 43.8 Å². The Hall–Kier alpha value is -3.42. The van der Waals surface area contributed by atoms with Gasteiger partial charge in [0, 0.05) is 12.7 Å². The largest absolute Gasteiger partial charge is 0.493 e. The van der Waals surface area contributed by atoms with E-state index in [2.05, 4.69) is 20.8 Å². The SMILES string of the molecule is COc1ccc(CCNC(=O)C(=O)N/N=C/c2ccccn2)cc1OC. The van der Waals surface area contributed by atoms with Gasteiger partial charge in [0.15, 0.2) is 11.5 Å². The van der Waals surface area contributed by atoms with Crippen molar-refractivity contribution in [3.63, 3.8) is 0 Å². The van der Waals surface area contributed by atoms with Crippen LogP contribution in [0.25, 0.3) is 0 Å². The highest BCUT2D eigenvalue weighted by atomic mass is 16.5. The minimum atomic E-state index is -0.843. The monoisotopic (exact) mass is 356 g/mol. The maximum atomic E-state index is 11.7. The first-order valence-corrected chi connectivity index (χ1v) is 7.87. The number of hydrogen-bond acceptors (Lipinski definition) is 6. The van der Waals surface area contributed by atoms with Crippen LogP contribution in [0, 0.1) is 0 Å². The number of nitrogens with zero attached hydrogens (tertiary/aromatic N) is 2. The zero-order valence-corrected chi connectivity index (χ0v) is 14.6. The molecule has 0 radical (unpaired) electrons. The van der Waals surface area contributed by atoms with Crippen LogP contribution in [0.2, 0.25) is 0 Å². The lowest BCUT2D eigenvalue weighted by Crippen LogP contribution is -2.38. The molecular formula is C18H20N4O4. The minimum Gasteiger partial charge on any atom is -0.493 e. The van der Waals surface area contributed by atoms with Gasteiger partial charge in [0.2, 0.25) is 0 Å². The predicted octanol–water partition coefficient (Wildman–Crippen LogP) is 0.908.